The minimum absolute atomic E-state index is 0.673. The minimum Gasteiger partial charge on any atom is -0.0651 e. The highest BCUT2D eigenvalue weighted by atomic mass is 14.5. The van der Waals surface area contributed by atoms with Crippen LogP contribution in [-0.4, -0.2) is 0 Å². The maximum atomic E-state index is 2.43. The number of allylic oxidation sites excluding steroid dienone is 12. The summed E-state index contributed by atoms with van der Waals surface area (Å²) in [6, 6.07) is 0. The molecule has 2 saturated carbocycles. The van der Waals surface area contributed by atoms with Crippen molar-refractivity contribution in [3.8, 4) is 0 Å². The van der Waals surface area contributed by atoms with Crippen LogP contribution in [0.2, 0.25) is 0 Å². The number of hydrogen-bond acceptors (Lipinski definition) is 0. The van der Waals surface area contributed by atoms with Gasteiger partial charge in [-0.1, -0.05) is 86.6 Å². The van der Waals surface area contributed by atoms with Crippen LogP contribution in [0, 0.1) is 29.6 Å². The molecule has 2 fully saturated rings. The van der Waals surface area contributed by atoms with Crippen molar-refractivity contribution >= 4 is 0 Å². The SMILES string of the molecule is CCC1CC1CC1CC1C(C)C1=CC=CC=C(C)C=CC=CC=C1. The first-order valence-electron chi connectivity index (χ1n) is 9.75. The summed E-state index contributed by atoms with van der Waals surface area (Å²) in [6.07, 6.45) is 27.7. The molecule has 5 unspecified atom stereocenters. The third-order valence-corrected chi connectivity index (χ3v) is 6.08. The summed E-state index contributed by atoms with van der Waals surface area (Å²) < 4.78 is 0. The van der Waals surface area contributed by atoms with Crippen molar-refractivity contribution in [1.82, 2.24) is 0 Å². The van der Waals surface area contributed by atoms with Crippen LogP contribution >= 0.6 is 0 Å². The highest BCUT2D eigenvalue weighted by molar-refractivity contribution is 5.33. The standard InChI is InChI=1S/C24H32/c1-4-20-15-22(20)16-23-17-24(23)19(3)21-13-8-6-5-7-11-18(2)12-9-10-14-21/h5-14,19-20,22-24H,4,15-17H2,1-3H3. The predicted molar refractivity (Wildman–Crippen MR) is 106 cm³/mol. The lowest BCUT2D eigenvalue weighted by molar-refractivity contribution is 0.498. The Balaban J connectivity index is 1.62. The van der Waals surface area contributed by atoms with E-state index >= 15 is 0 Å². The van der Waals surface area contributed by atoms with Gasteiger partial charge < -0.3 is 0 Å². The van der Waals surface area contributed by atoms with Crippen LogP contribution < -0.4 is 0 Å². The molecule has 0 radical (unpaired) electrons. The Morgan fingerprint density at radius 2 is 1.62 bits per heavy atom. The van der Waals surface area contributed by atoms with Crippen molar-refractivity contribution in [1.29, 1.82) is 0 Å². The largest absolute Gasteiger partial charge is 0.0651 e. The Kier molecular flexibility index (Phi) is 5.76. The molecule has 0 saturated heterocycles. The summed E-state index contributed by atoms with van der Waals surface area (Å²) in [5.74, 6) is 4.67. The average molecular weight is 321 g/mol. The second-order valence-corrected chi connectivity index (χ2v) is 7.91. The van der Waals surface area contributed by atoms with E-state index in [2.05, 4.69) is 81.5 Å². The molecule has 5 atom stereocenters. The van der Waals surface area contributed by atoms with Gasteiger partial charge in [-0.3, -0.25) is 0 Å². The van der Waals surface area contributed by atoms with E-state index in [1.807, 2.05) is 0 Å². The highest BCUT2D eigenvalue weighted by Crippen LogP contribution is 2.56. The van der Waals surface area contributed by atoms with Crippen LogP contribution in [0.15, 0.2) is 71.9 Å². The molecule has 0 aromatic rings. The van der Waals surface area contributed by atoms with E-state index in [-0.39, 0.29) is 0 Å². The van der Waals surface area contributed by atoms with E-state index in [1.165, 1.54) is 36.8 Å². The molecule has 3 aliphatic carbocycles. The Labute approximate surface area is 148 Å². The molecule has 0 amide bonds. The van der Waals surface area contributed by atoms with Gasteiger partial charge in [-0.25, -0.2) is 0 Å². The molecule has 0 aliphatic heterocycles. The molecule has 0 aromatic heterocycles. The fraction of sp³-hybridized carbons (Fsp3) is 0.500. The quantitative estimate of drug-likeness (QED) is 0.522. The molecule has 3 aliphatic rings. The maximum absolute atomic E-state index is 2.43. The Morgan fingerprint density at radius 1 is 0.875 bits per heavy atom. The number of rotatable bonds is 5. The topological polar surface area (TPSA) is 0 Å². The minimum atomic E-state index is 0.673. The Morgan fingerprint density at radius 3 is 2.38 bits per heavy atom. The van der Waals surface area contributed by atoms with E-state index in [0.29, 0.717) is 5.92 Å². The van der Waals surface area contributed by atoms with Gasteiger partial charge in [-0.15, -0.1) is 0 Å². The molecule has 0 bridgehead atoms. The second kappa shape index (κ2) is 8.01. The van der Waals surface area contributed by atoms with E-state index in [1.54, 1.807) is 0 Å². The fourth-order valence-electron chi connectivity index (χ4n) is 4.18. The first-order valence-corrected chi connectivity index (χ1v) is 9.75. The summed E-state index contributed by atoms with van der Waals surface area (Å²) in [7, 11) is 0. The molecule has 0 nitrogen and oxygen atoms in total. The van der Waals surface area contributed by atoms with Gasteiger partial charge >= 0.3 is 0 Å². The zero-order valence-corrected chi connectivity index (χ0v) is 15.5. The predicted octanol–water partition coefficient (Wildman–Crippen LogP) is 6.81. The number of hydrogen-bond donors (Lipinski definition) is 0. The van der Waals surface area contributed by atoms with Crippen molar-refractivity contribution in [3.05, 3.63) is 71.9 Å². The lowest BCUT2D eigenvalue weighted by Gasteiger charge is -2.13. The summed E-state index contributed by atoms with van der Waals surface area (Å²) >= 11 is 0. The van der Waals surface area contributed by atoms with Crippen molar-refractivity contribution in [3.63, 3.8) is 0 Å². The smallest absolute Gasteiger partial charge is 0.0159 e. The van der Waals surface area contributed by atoms with Gasteiger partial charge in [-0.2, -0.15) is 0 Å². The molecule has 0 heteroatoms. The third-order valence-electron chi connectivity index (χ3n) is 6.08. The zero-order valence-electron chi connectivity index (χ0n) is 15.5. The van der Waals surface area contributed by atoms with Crippen LogP contribution in [0.5, 0.6) is 0 Å². The highest BCUT2D eigenvalue weighted by Gasteiger charge is 2.46. The van der Waals surface area contributed by atoms with Gasteiger partial charge in [0.25, 0.3) is 0 Å². The average Bonchev–Trinajstić information content (AvgIpc) is 3.48. The molecule has 0 N–H and O–H groups in total. The molecular weight excluding hydrogens is 288 g/mol. The van der Waals surface area contributed by atoms with Crippen LogP contribution in [-0.2, 0) is 0 Å². The van der Waals surface area contributed by atoms with Crippen molar-refractivity contribution < 1.29 is 0 Å². The lowest BCUT2D eigenvalue weighted by atomic mass is 9.92. The maximum Gasteiger partial charge on any atom is -0.0159 e. The summed E-state index contributed by atoms with van der Waals surface area (Å²) in [6.45, 7) is 6.92. The van der Waals surface area contributed by atoms with Crippen molar-refractivity contribution in [2.75, 3.05) is 0 Å². The van der Waals surface area contributed by atoms with Gasteiger partial charge in [0.1, 0.15) is 0 Å². The summed E-state index contributed by atoms with van der Waals surface area (Å²) in [5.41, 5.74) is 2.75. The molecule has 128 valence electrons. The van der Waals surface area contributed by atoms with Crippen LogP contribution in [0.25, 0.3) is 0 Å². The van der Waals surface area contributed by atoms with Crippen LogP contribution in [0.3, 0.4) is 0 Å². The van der Waals surface area contributed by atoms with Gasteiger partial charge in [0.15, 0.2) is 0 Å². The Hall–Kier alpha value is -1.56. The van der Waals surface area contributed by atoms with E-state index < -0.39 is 0 Å². The third kappa shape index (κ3) is 4.72. The lowest BCUT2D eigenvalue weighted by Crippen LogP contribution is -2.02. The van der Waals surface area contributed by atoms with Gasteiger partial charge in [0.2, 0.25) is 0 Å². The first kappa shape index (κ1) is 17.3. The van der Waals surface area contributed by atoms with Gasteiger partial charge in [0, 0.05) is 0 Å². The van der Waals surface area contributed by atoms with E-state index in [0.717, 1.165) is 23.7 Å². The molecule has 3 rings (SSSR count). The first-order chi connectivity index (χ1) is 11.7. The second-order valence-electron chi connectivity index (χ2n) is 7.91. The molecule has 0 heterocycles. The van der Waals surface area contributed by atoms with Crippen molar-refractivity contribution in [2.45, 2.75) is 46.5 Å². The molecular formula is C24H32. The summed E-state index contributed by atoms with van der Waals surface area (Å²) in [5, 5.41) is 0. The molecule has 24 heavy (non-hydrogen) atoms. The van der Waals surface area contributed by atoms with E-state index in [4.69, 9.17) is 0 Å². The molecule has 0 aromatic carbocycles. The Bertz CT molecular complexity index is 608. The monoisotopic (exact) mass is 320 g/mol. The van der Waals surface area contributed by atoms with Crippen molar-refractivity contribution in [2.24, 2.45) is 29.6 Å². The zero-order chi connectivity index (χ0) is 16.9. The molecule has 0 spiro atoms. The van der Waals surface area contributed by atoms with Gasteiger partial charge in [-0.05, 0) is 61.3 Å². The summed E-state index contributed by atoms with van der Waals surface area (Å²) in [4.78, 5) is 0. The normalized spacial score (nSPS) is 33.3. The van der Waals surface area contributed by atoms with Crippen LogP contribution in [0.1, 0.15) is 46.5 Å². The van der Waals surface area contributed by atoms with E-state index in [9.17, 15) is 0 Å². The van der Waals surface area contributed by atoms with Gasteiger partial charge in [0.05, 0.1) is 0 Å². The van der Waals surface area contributed by atoms with Crippen LogP contribution in [0.4, 0.5) is 0 Å². The fourth-order valence-corrected chi connectivity index (χ4v) is 4.18.